The van der Waals surface area contributed by atoms with Crippen molar-refractivity contribution in [2.45, 2.75) is 6.92 Å². The van der Waals surface area contributed by atoms with E-state index in [1.165, 1.54) is 0 Å². The van der Waals surface area contributed by atoms with Gasteiger partial charge in [-0.05, 0) is 30.7 Å². The number of ether oxygens (including phenoxy) is 1. The van der Waals surface area contributed by atoms with E-state index >= 15 is 0 Å². The molecule has 0 saturated carbocycles. The summed E-state index contributed by atoms with van der Waals surface area (Å²) >= 11 is 5.78. The molecular formula is C10H9ClN4O. The number of nitrogens with zero attached hydrogens (tertiary/aromatic N) is 4. The Kier molecular flexibility index (Phi) is 3.26. The normalized spacial score (nSPS) is 10.1. The molecule has 0 atom stereocenters. The third kappa shape index (κ3) is 2.43. The zero-order valence-corrected chi connectivity index (χ0v) is 9.35. The van der Waals surface area contributed by atoms with Gasteiger partial charge in [-0.25, -0.2) is 0 Å². The largest absolute Gasteiger partial charge is 0.464 e. The maximum absolute atomic E-state index is 5.78. The Morgan fingerprint density at radius 2 is 1.94 bits per heavy atom. The summed E-state index contributed by atoms with van der Waals surface area (Å²) in [6, 6.07) is 3.82. The molecule has 0 aliphatic heterocycles. The van der Waals surface area contributed by atoms with Gasteiger partial charge in [0.1, 0.15) is 0 Å². The molecule has 0 amide bonds. The van der Waals surface area contributed by atoms with Crippen molar-refractivity contribution < 1.29 is 4.74 Å². The van der Waals surface area contributed by atoms with Gasteiger partial charge in [0, 0.05) is 18.0 Å². The van der Waals surface area contributed by atoms with Crippen molar-refractivity contribution in [2.24, 2.45) is 0 Å². The van der Waals surface area contributed by atoms with E-state index in [0.29, 0.717) is 12.4 Å². The molecule has 5 nitrogen and oxygen atoms in total. The van der Waals surface area contributed by atoms with Gasteiger partial charge in [0.25, 0.3) is 0 Å². The van der Waals surface area contributed by atoms with Gasteiger partial charge in [-0.3, -0.25) is 4.98 Å². The number of halogens is 1. The van der Waals surface area contributed by atoms with Crippen molar-refractivity contribution in [3.63, 3.8) is 0 Å². The average Bonchev–Trinajstić information content (AvgIpc) is 2.30. The highest BCUT2D eigenvalue weighted by molar-refractivity contribution is 6.28. The fourth-order valence-electron chi connectivity index (χ4n) is 1.16. The molecule has 2 aromatic heterocycles. The maximum Gasteiger partial charge on any atom is 0.321 e. The van der Waals surface area contributed by atoms with Crippen LogP contribution in [0.15, 0.2) is 24.5 Å². The number of hydrogen-bond donors (Lipinski definition) is 0. The Morgan fingerprint density at radius 3 is 2.62 bits per heavy atom. The van der Waals surface area contributed by atoms with Crippen LogP contribution in [0.2, 0.25) is 5.28 Å². The molecular weight excluding hydrogens is 228 g/mol. The van der Waals surface area contributed by atoms with E-state index in [1.54, 1.807) is 24.5 Å². The molecule has 0 N–H and O–H groups in total. The van der Waals surface area contributed by atoms with Crippen LogP contribution in [-0.4, -0.2) is 26.5 Å². The van der Waals surface area contributed by atoms with Crippen molar-refractivity contribution in [1.82, 2.24) is 19.9 Å². The quantitative estimate of drug-likeness (QED) is 0.816. The summed E-state index contributed by atoms with van der Waals surface area (Å²) in [5.41, 5.74) is 0.820. The molecule has 0 bridgehead atoms. The summed E-state index contributed by atoms with van der Waals surface area (Å²) in [7, 11) is 0. The van der Waals surface area contributed by atoms with Crippen LogP contribution in [0.25, 0.3) is 11.4 Å². The van der Waals surface area contributed by atoms with Gasteiger partial charge in [0.15, 0.2) is 5.82 Å². The van der Waals surface area contributed by atoms with Crippen molar-refractivity contribution in [3.05, 3.63) is 29.8 Å². The lowest BCUT2D eigenvalue weighted by molar-refractivity contribution is 0.312. The Labute approximate surface area is 97.5 Å². The van der Waals surface area contributed by atoms with Crippen molar-refractivity contribution in [1.29, 1.82) is 0 Å². The van der Waals surface area contributed by atoms with Gasteiger partial charge in [0.05, 0.1) is 6.61 Å². The summed E-state index contributed by atoms with van der Waals surface area (Å²) < 4.78 is 5.19. The van der Waals surface area contributed by atoms with Crippen LogP contribution >= 0.6 is 11.6 Å². The van der Waals surface area contributed by atoms with E-state index in [4.69, 9.17) is 16.3 Å². The average molecular weight is 237 g/mol. The van der Waals surface area contributed by atoms with Crippen molar-refractivity contribution in [2.75, 3.05) is 6.61 Å². The summed E-state index contributed by atoms with van der Waals surface area (Å²) in [5.74, 6) is 0.478. The Balaban J connectivity index is 2.41. The minimum Gasteiger partial charge on any atom is -0.464 e. The molecule has 2 aromatic rings. The minimum atomic E-state index is 0.116. The van der Waals surface area contributed by atoms with Crippen LogP contribution in [-0.2, 0) is 0 Å². The molecule has 82 valence electrons. The second-order valence-electron chi connectivity index (χ2n) is 2.88. The van der Waals surface area contributed by atoms with Crippen molar-refractivity contribution in [3.8, 4) is 17.4 Å². The third-order valence-corrected chi connectivity index (χ3v) is 1.97. The Morgan fingerprint density at radius 1 is 1.19 bits per heavy atom. The molecule has 0 spiro atoms. The minimum absolute atomic E-state index is 0.116. The zero-order valence-electron chi connectivity index (χ0n) is 8.59. The fourth-order valence-corrected chi connectivity index (χ4v) is 1.31. The maximum atomic E-state index is 5.78. The van der Waals surface area contributed by atoms with E-state index in [1.807, 2.05) is 6.92 Å². The van der Waals surface area contributed by atoms with E-state index in [9.17, 15) is 0 Å². The first-order valence-electron chi connectivity index (χ1n) is 4.74. The summed E-state index contributed by atoms with van der Waals surface area (Å²) in [6.45, 7) is 2.33. The van der Waals surface area contributed by atoms with E-state index in [-0.39, 0.29) is 11.3 Å². The summed E-state index contributed by atoms with van der Waals surface area (Å²) in [6.07, 6.45) is 3.32. The molecule has 0 fully saturated rings. The van der Waals surface area contributed by atoms with Crippen LogP contribution in [0.4, 0.5) is 0 Å². The Bertz CT molecular complexity index is 478. The monoisotopic (exact) mass is 236 g/mol. The molecule has 16 heavy (non-hydrogen) atoms. The smallest absolute Gasteiger partial charge is 0.321 e. The first-order valence-corrected chi connectivity index (χ1v) is 5.12. The van der Waals surface area contributed by atoms with Crippen molar-refractivity contribution >= 4 is 11.6 Å². The van der Waals surface area contributed by atoms with E-state index in [2.05, 4.69) is 19.9 Å². The number of aromatic nitrogens is 4. The summed E-state index contributed by atoms with van der Waals surface area (Å²) in [4.78, 5) is 15.9. The molecule has 0 aliphatic rings. The van der Waals surface area contributed by atoms with Gasteiger partial charge < -0.3 is 4.74 Å². The fraction of sp³-hybridized carbons (Fsp3) is 0.200. The topological polar surface area (TPSA) is 60.8 Å². The van der Waals surface area contributed by atoms with Gasteiger partial charge >= 0.3 is 6.01 Å². The summed E-state index contributed by atoms with van der Waals surface area (Å²) in [5, 5.41) is 0.116. The Hall–Kier alpha value is -1.75. The SMILES string of the molecule is CCOc1nc(Cl)nc(-c2ccncc2)n1. The lowest BCUT2D eigenvalue weighted by Crippen LogP contribution is -2.01. The van der Waals surface area contributed by atoms with Gasteiger partial charge in [-0.15, -0.1) is 0 Å². The lowest BCUT2D eigenvalue weighted by atomic mass is 10.2. The number of hydrogen-bond acceptors (Lipinski definition) is 5. The predicted octanol–water partition coefficient (Wildman–Crippen LogP) is 1.99. The standard InChI is InChI=1S/C10H9ClN4O/c1-2-16-10-14-8(13-9(11)15-10)7-3-5-12-6-4-7/h3-6H,2H2,1H3. The second kappa shape index (κ2) is 4.85. The molecule has 0 radical (unpaired) electrons. The molecule has 2 rings (SSSR count). The molecule has 2 heterocycles. The van der Waals surface area contributed by atoms with Crippen LogP contribution in [0.3, 0.4) is 0 Å². The highest BCUT2D eigenvalue weighted by Crippen LogP contribution is 2.17. The number of pyridine rings is 1. The van der Waals surface area contributed by atoms with Crippen LogP contribution in [0, 0.1) is 0 Å². The highest BCUT2D eigenvalue weighted by Gasteiger charge is 2.07. The third-order valence-electron chi connectivity index (χ3n) is 1.80. The molecule has 0 aliphatic carbocycles. The first-order chi connectivity index (χ1) is 7.79. The molecule has 0 unspecified atom stereocenters. The molecule has 0 aromatic carbocycles. The van der Waals surface area contributed by atoms with E-state index < -0.39 is 0 Å². The lowest BCUT2D eigenvalue weighted by Gasteiger charge is -2.03. The highest BCUT2D eigenvalue weighted by atomic mass is 35.5. The van der Waals surface area contributed by atoms with Gasteiger partial charge in [0.2, 0.25) is 5.28 Å². The van der Waals surface area contributed by atoms with Crippen LogP contribution in [0.5, 0.6) is 6.01 Å². The predicted molar refractivity (Wildman–Crippen MR) is 59.2 cm³/mol. The van der Waals surface area contributed by atoms with Crippen LogP contribution in [0.1, 0.15) is 6.92 Å². The van der Waals surface area contributed by atoms with Gasteiger partial charge in [-0.1, -0.05) is 0 Å². The number of rotatable bonds is 3. The zero-order chi connectivity index (χ0) is 11.4. The first kappa shape index (κ1) is 10.8. The van der Waals surface area contributed by atoms with E-state index in [0.717, 1.165) is 5.56 Å². The van der Waals surface area contributed by atoms with Gasteiger partial charge in [-0.2, -0.15) is 15.0 Å². The second-order valence-corrected chi connectivity index (χ2v) is 3.22. The molecule has 0 saturated heterocycles. The molecule has 6 heteroatoms. The van der Waals surface area contributed by atoms with Crippen LogP contribution < -0.4 is 4.74 Å².